The minimum Gasteiger partial charge on any atom is -0.399 e. The van der Waals surface area contributed by atoms with E-state index in [4.69, 9.17) is 21.4 Å². The summed E-state index contributed by atoms with van der Waals surface area (Å²) in [5.41, 5.74) is 17.1. The average Bonchev–Trinajstić information content (AvgIpc) is 3.26. The van der Waals surface area contributed by atoms with Crippen LogP contribution in [0.3, 0.4) is 0 Å². The number of nitrogens with zero attached hydrogens (tertiary/aromatic N) is 5. The third-order valence-electron chi connectivity index (χ3n) is 6.68. The van der Waals surface area contributed by atoms with Gasteiger partial charge in [-0.2, -0.15) is 5.10 Å². The third kappa shape index (κ3) is 4.58. The highest BCUT2D eigenvalue weighted by Crippen LogP contribution is 2.36. The van der Waals surface area contributed by atoms with Crippen LogP contribution >= 0.6 is 0 Å². The molecule has 2 aromatic heterocycles. The molecule has 0 aliphatic carbocycles. The van der Waals surface area contributed by atoms with Crippen molar-refractivity contribution in [2.24, 2.45) is 7.05 Å². The fourth-order valence-corrected chi connectivity index (χ4v) is 4.62. The first-order chi connectivity index (χ1) is 17.7. The number of aryl methyl sites for hydroxylation is 2. The molecule has 0 saturated carbocycles. The maximum absolute atomic E-state index is 15.4. The molecule has 8 heteroatoms. The van der Waals surface area contributed by atoms with Crippen LogP contribution in [-0.2, 0) is 13.5 Å². The van der Waals surface area contributed by atoms with E-state index >= 15 is 4.39 Å². The summed E-state index contributed by atoms with van der Waals surface area (Å²) in [6, 6.07) is 20.6. The van der Waals surface area contributed by atoms with Crippen molar-refractivity contribution in [1.82, 2.24) is 19.7 Å². The van der Waals surface area contributed by atoms with E-state index in [2.05, 4.69) is 5.10 Å². The summed E-state index contributed by atoms with van der Waals surface area (Å²) in [6.07, 6.45) is 0.770. The van der Waals surface area contributed by atoms with Gasteiger partial charge in [0.2, 0.25) is 0 Å². The van der Waals surface area contributed by atoms with E-state index in [1.165, 1.54) is 6.07 Å². The first-order valence-corrected chi connectivity index (χ1v) is 12.2. The van der Waals surface area contributed by atoms with Gasteiger partial charge in [0.25, 0.3) is 0 Å². The Kier molecular flexibility index (Phi) is 6.25. The Morgan fingerprint density at radius 3 is 2.41 bits per heavy atom. The van der Waals surface area contributed by atoms with Crippen LogP contribution in [0.4, 0.5) is 21.6 Å². The average molecular weight is 496 g/mol. The van der Waals surface area contributed by atoms with Crippen LogP contribution in [0.25, 0.3) is 22.2 Å². The predicted octanol–water partition coefficient (Wildman–Crippen LogP) is 5.14. The van der Waals surface area contributed by atoms with Crippen LogP contribution in [0.2, 0.25) is 0 Å². The number of anilines is 3. The lowest BCUT2D eigenvalue weighted by Gasteiger charge is -2.19. The molecule has 188 valence electrons. The molecule has 0 radical (unpaired) electrons. The van der Waals surface area contributed by atoms with Gasteiger partial charge in [-0.05, 0) is 72.0 Å². The van der Waals surface area contributed by atoms with Gasteiger partial charge in [0.05, 0.1) is 11.6 Å². The number of nitrogen functional groups attached to an aromatic ring is 2. The maximum Gasteiger partial charge on any atom is 0.181 e. The number of nitrogens with two attached hydrogens (primary N) is 2. The van der Waals surface area contributed by atoms with Gasteiger partial charge in [0.15, 0.2) is 5.82 Å². The van der Waals surface area contributed by atoms with Gasteiger partial charge in [-0.3, -0.25) is 4.68 Å². The molecule has 3 aromatic carbocycles. The zero-order chi connectivity index (χ0) is 26.3. The summed E-state index contributed by atoms with van der Waals surface area (Å²) in [7, 11) is 5.80. The van der Waals surface area contributed by atoms with Crippen molar-refractivity contribution in [3.05, 3.63) is 95.2 Å². The third-order valence-corrected chi connectivity index (χ3v) is 6.68. The van der Waals surface area contributed by atoms with Gasteiger partial charge in [-0.15, -0.1) is 0 Å². The van der Waals surface area contributed by atoms with Gasteiger partial charge >= 0.3 is 0 Å². The molecule has 0 spiro atoms. The highest BCUT2D eigenvalue weighted by Gasteiger charge is 2.28. The van der Waals surface area contributed by atoms with Crippen molar-refractivity contribution in [2.75, 3.05) is 30.5 Å². The van der Waals surface area contributed by atoms with E-state index < -0.39 is 5.92 Å². The first kappa shape index (κ1) is 24.2. The normalized spacial score (nSPS) is 12.1. The monoisotopic (exact) mass is 495 g/mol. The molecule has 0 amide bonds. The lowest BCUT2D eigenvalue weighted by atomic mass is 9.91. The Balaban J connectivity index is 1.71. The van der Waals surface area contributed by atoms with E-state index in [1.807, 2.05) is 81.5 Å². The zero-order valence-corrected chi connectivity index (χ0v) is 21.4. The topological polar surface area (TPSA) is 98.9 Å². The van der Waals surface area contributed by atoms with Crippen LogP contribution in [0.1, 0.15) is 35.5 Å². The number of hydrogen-bond donors (Lipinski definition) is 2. The van der Waals surface area contributed by atoms with Gasteiger partial charge in [0.1, 0.15) is 17.5 Å². The molecule has 2 heterocycles. The second-order valence-electron chi connectivity index (χ2n) is 9.41. The number of pyridine rings is 1. The number of fused-ring (bicyclic) bond motifs is 1. The first-order valence-electron chi connectivity index (χ1n) is 12.2. The largest absolute Gasteiger partial charge is 0.399 e. The van der Waals surface area contributed by atoms with E-state index in [0.717, 1.165) is 34.0 Å². The number of halogens is 1. The van der Waals surface area contributed by atoms with Crippen molar-refractivity contribution < 1.29 is 4.39 Å². The molecular formula is C29H30FN7. The standard InChI is InChI=1S/C29H30FN7/c1-5-17-6-13-24(30)23(14-17)26(25-16-19-15-20(31)9-12-22(19)27(32)33-25)29-34-28(35-37(29)4)18-7-10-21(11-8-18)36(2)3/h6-16,26H,5,31H2,1-4H3,(H2,32,33). The van der Waals surface area contributed by atoms with Crippen molar-refractivity contribution in [1.29, 1.82) is 0 Å². The highest BCUT2D eigenvalue weighted by molar-refractivity contribution is 5.93. The van der Waals surface area contributed by atoms with Crippen molar-refractivity contribution in [2.45, 2.75) is 19.3 Å². The predicted molar refractivity (Wildman–Crippen MR) is 148 cm³/mol. The van der Waals surface area contributed by atoms with Crippen LogP contribution < -0.4 is 16.4 Å². The molecule has 0 saturated heterocycles. The summed E-state index contributed by atoms with van der Waals surface area (Å²) in [5.74, 6) is 0.500. The van der Waals surface area contributed by atoms with E-state index in [9.17, 15) is 0 Å². The molecular weight excluding hydrogens is 465 g/mol. The smallest absolute Gasteiger partial charge is 0.181 e. The Labute approximate surface area is 215 Å². The van der Waals surface area contributed by atoms with Gasteiger partial charge in [0, 0.05) is 49.0 Å². The Hall–Kier alpha value is -4.46. The molecule has 0 bridgehead atoms. The van der Waals surface area contributed by atoms with Crippen molar-refractivity contribution >= 4 is 28.0 Å². The van der Waals surface area contributed by atoms with Crippen molar-refractivity contribution in [3.63, 3.8) is 0 Å². The zero-order valence-electron chi connectivity index (χ0n) is 21.4. The lowest BCUT2D eigenvalue weighted by molar-refractivity contribution is 0.591. The second kappa shape index (κ2) is 9.54. The van der Waals surface area contributed by atoms with E-state index in [0.29, 0.717) is 34.4 Å². The van der Waals surface area contributed by atoms with Crippen LogP contribution in [-0.4, -0.2) is 33.8 Å². The van der Waals surface area contributed by atoms with Crippen LogP contribution in [0.5, 0.6) is 0 Å². The quantitative estimate of drug-likeness (QED) is 0.317. The van der Waals surface area contributed by atoms with E-state index in [1.54, 1.807) is 16.8 Å². The van der Waals surface area contributed by atoms with Gasteiger partial charge in [-0.25, -0.2) is 14.4 Å². The molecule has 37 heavy (non-hydrogen) atoms. The molecule has 1 atom stereocenters. The Bertz CT molecular complexity index is 1590. The highest BCUT2D eigenvalue weighted by atomic mass is 19.1. The van der Waals surface area contributed by atoms with E-state index in [-0.39, 0.29) is 5.82 Å². The molecule has 0 fully saturated rings. The SMILES string of the molecule is CCc1ccc(F)c(C(c2cc3cc(N)ccc3c(N)n2)c2nc(-c3ccc(N(C)C)cc3)nn2C)c1. The Morgan fingerprint density at radius 2 is 1.70 bits per heavy atom. The summed E-state index contributed by atoms with van der Waals surface area (Å²) in [6.45, 7) is 2.04. The number of aromatic nitrogens is 4. The Morgan fingerprint density at radius 1 is 0.946 bits per heavy atom. The molecule has 0 aliphatic heterocycles. The maximum atomic E-state index is 15.4. The van der Waals surface area contributed by atoms with Crippen molar-refractivity contribution in [3.8, 4) is 11.4 Å². The molecule has 1 unspecified atom stereocenters. The number of hydrogen-bond acceptors (Lipinski definition) is 6. The van der Waals surface area contributed by atoms with Gasteiger partial charge < -0.3 is 16.4 Å². The molecule has 4 N–H and O–H groups in total. The molecule has 0 aliphatic rings. The number of benzene rings is 3. The lowest BCUT2D eigenvalue weighted by Crippen LogP contribution is -2.14. The summed E-state index contributed by atoms with van der Waals surface area (Å²) >= 11 is 0. The summed E-state index contributed by atoms with van der Waals surface area (Å²) in [5, 5.41) is 6.31. The molecule has 7 nitrogen and oxygen atoms in total. The van der Waals surface area contributed by atoms with Crippen LogP contribution in [0.15, 0.2) is 66.7 Å². The minimum absolute atomic E-state index is 0.338. The summed E-state index contributed by atoms with van der Waals surface area (Å²) in [4.78, 5) is 11.6. The summed E-state index contributed by atoms with van der Waals surface area (Å²) < 4.78 is 17.1. The van der Waals surface area contributed by atoms with Gasteiger partial charge in [-0.1, -0.05) is 19.1 Å². The molecule has 5 aromatic rings. The van der Waals surface area contributed by atoms with Crippen LogP contribution in [0, 0.1) is 5.82 Å². The minimum atomic E-state index is -0.632. The fourth-order valence-electron chi connectivity index (χ4n) is 4.62. The molecule has 5 rings (SSSR count). The fraction of sp³-hybridized carbons (Fsp3) is 0.207. The second-order valence-corrected chi connectivity index (χ2v) is 9.41. The number of rotatable bonds is 6.